The smallest absolute Gasteiger partial charge is 0.420 e. The zero-order chi connectivity index (χ0) is 19.5. The van der Waals surface area contributed by atoms with Gasteiger partial charge in [0.1, 0.15) is 22.1 Å². The van der Waals surface area contributed by atoms with Gasteiger partial charge in [-0.05, 0) is 30.3 Å². The predicted molar refractivity (Wildman–Crippen MR) is 88.4 cm³/mol. The van der Waals surface area contributed by atoms with E-state index >= 15 is 0 Å². The number of hydrogen-bond acceptors (Lipinski definition) is 5. The number of ether oxygens (including phenoxy) is 3. The minimum atomic E-state index is -4.71. The van der Waals surface area contributed by atoms with Crippen LogP contribution < -0.4 is 18.9 Å². The van der Waals surface area contributed by atoms with Crippen LogP contribution >= 0.6 is 0 Å². The SMILES string of the molecule is COc1ccc(OC)c(S(=O)(=O)Nc2ccc(OC)c(C(F)(F)F)c2)c1. The molecule has 0 aromatic heterocycles. The molecule has 0 unspecified atom stereocenters. The van der Waals surface area contributed by atoms with Crippen molar-refractivity contribution in [2.75, 3.05) is 26.1 Å². The van der Waals surface area contributed by atoms with Gasteiger partial charge in [0.25, 0.3) is 10.0 Å². The van der Waals surface area contributed by atoms with Gasteiger partial charge in [0.2, 0.25) is 0 Å². The Morgan fingerprint density at radius 2 is 1.50 bits per heavy atom. The second-order valence-corrected chi connectivity index (χ2v) is 6.69. The molecule has 0 aliphatic rings. The summed E-state index contributed by atoms with van der Waals surface area (Å²) in [6.07, 6.45) is -4.71. The summed E-state index contributed by atoms with van der Waals surface area (Å²) in [6, 6.07) is 6.93. The van der Waals surface area contributed by atoms with E-state index < -0.39 is 27.5 Å². The highest BCUT2D eigenvalue weighted by Gasteiger charge is 2.35. The summed E-state index contributed by atoms with van der Waals surface area (Å²) in [5.74, 6) is -0.154. The van der Waals surface area contributed by atoms with Crippen LogP contribution in [0.3, 0.4) is 0 Å². The Labute approximate surface area is 148 Å². The Morgan fingerprint density at radius 3 is 2.04 bits per heavy atom. The summed E-state index contributed by atoms with van der Waals surface area (Å²) in [7, 11) is -0.515. The molecule has 0 saturated heterocycles. The third-order valence-corrected chi connectivity index (χ3v) is 4.82. The topological polar surface area (TPSA) is 73.9 Å². The predicted octanol–water partition coefficient (Wildman–Crippen LogP) is 3.53. The van der Waals surface area contributed by atoms with Crippen molar-refractivity contribution in [2.45, 2.75) is 11.1 Å². The monoisotopic (exact) mass is 391 g/mol. The maximum atomic E-state index is 13.1. The molecule has 0 spiro atoms. The van der Waals surface area contributed by atoms with Gasteiger partial charge in [-0.3, -0.25) is 4.72 Å². The first-order chi connectivity index (χ1) is 12.1. The van der Waals surface area contributed by atoms with E-state index in [0.29, 0.717) is 6.07 Å². The lowest BCUT2D eigenvalue weighted by Crippen LogP contribution is -2.15. The lowest BCUT2D eigenvalue weighted by atomic mass is 10.1. The van der Waals surface area contributed by atoms with E-state index in [1.807, 2.05) is 0 Å². The van der Waals surface area contributed by atoms with Gasteiger partial charge < -0.3 is 14.2 Å². The fourth-order valence-electron chi connectivity index (χ4n) is 2.20. The standard InChI is InChI=1S/C16H16F3NO5S/c1-23-11-5-7-14(25-3)15(9-11)26(21,22)20-10-4-6-13(24-2)12(8-10)16(17,18)19/h4-9,20H,1-3H3. The first-order valence-electron chi connectivity index (χ1n) is 7.12. The van der Waals surface area contributed by atoms with Crippen LogP contribution in [0.2, 0.25) is 0 Å². The Hall–Kier alpha value is -2.62. The quantitative estimate of drug-likeness (QED) is 0.816. The molecule has 0 aliphatic heterocycles. The average molecular weight is 391 g/mol. The number of alkyl halides is 3. The van der Waals surface area contributed by atoms with E-state index in [4.69, 9.17) is 9.47 Å². The lowest BCUT2D eigenvalue weighted by Gasteiger charge is -2.16. The van der Waals surface area contributed by atoms with E-state index in [1.165, 1.54) is 32.4 Å². The molecule has 0 heterocycles. The maximum Gasteiger partial charge on any atom is 0.420 e. The molecule has 0 atom stereocenters. The second-order valence-electron chi connectivity index (χ2n) is 5.04. The third-order valence-electron chi connectivity index (χ3n) is 3.42. The Morgan fingerprint density at radius 1 is 0.885 bits per heavy atom. The minimum Gasteiger partial charge on any atom is -0.497 e. The molecule has 26 heavy (non-hydrogen) atoms. The van der Waals surface area contributed by atoms with E-state index in [1.54, 1.807) is 0 Å². The molecule has 2 aromatic rings. The van der Waals surface area contributed by atoms with Crippen molar-refractivity contribution in [3.8, 4) is 17.2 Å². The number of benzene rings is 2. The van der Waals surface area contributed by atoms with Gasteiger partial charge in [0.15, 0.2) is 0 Å². The lowest BCUT2D eigenvalue weighted by molar-refractivity contribution is -0.138. The van der Waals surface area contributed by atoms with Crippen LogP contribution in [-0.4, -0.2) is 29.7 Å². The van der Waals surface area contributed by atoms with Gasteiger partial charge in [-0.15, -0.1) is 0 Å². The number of sulfonamides is 1. The van der Waals surface area contributed by atoms with Gasteiger partial charge in [-0.1, -0.05) is 0 Å². The third kappa shape index (κ3) is 4.13. The fraction of sp³-hybridized carbons (Fsp3) is 0.250. The number of anilines is 1. The fourth-order valence-corrected chi connectivity index (χ4v) is 3.43. The maximum absolute atomic E-state index is 13.1. The van der Waals surface area contributed by atoms with E-state index in [2.05, 4.69) is 9.46 Å². The summed E-state index contributed by atoms with van der Waals surface area (Å²) in [5.41, 5.74) is -1.37. The molecular weight excluding hydrogens is 375 g/mol. The summed E-state index contributed by atoms with van der Waals surface area (Å²) in [5, 5.41) is 0. The number of rotatable bonds is 6. The molecule has 0 radical (unpaired) electrons. The van der Waals surface area contributed by atoms with Gasteiger partial charge in [0.05, 0.1) is 26.9 Å². The molecule has 142 valence electrons. The van der Waals surface area contributed by atoms with Crippen molar-refractivity contribution >= 4 is 15.7 Å². The summed E-state index contributed by atoms with van der Waals surface area (Å²) >= 11 is 0. The summed E-state index contributed by atoms with van der Waals surface area (Å²) in [4.78, 5) is -0.274. The number of nitrogens with one attached hydrogen (secondary N) is 1. The van der Waals surface area contributed by atoms with Gasteiger partial charge in [-0.2, -0.15) is 13.2 Å². The Kier molecular flexibility index (Phi) is 5.55. The molecule has 10 heteroatoms. The highest BCUT2D eigenvalue weighted by Crippen LogP contribution is 2.38. The van der Waals surface area contributed by atoms with Gasteiger partial charge >= 0.3 is 6.18 Å². The molecule has 0 aliphatic carbocycles. The van der Waals surface area contributed by atoms with Crippen molar-refractivity contribution in [1.29, 1.82) is 0 Å². The molecule has 2 rings (SSSR count). The molecule has 0 saturated carbocycles. The molecule has 0 amide bonds. The first-order valence-corrected chi connectivity index (χ1v) is 8.60. The van der Waals surface area contributed by atoms with Crippen molar-refractivity contribution in [3.05, 3.63) is 42.0 Å². The number of halogens is 3. The van der Waals surface area contributed by atoms with E-state index in [0.717, 1.165) is 19.2 Å². The van der Waals surface area contributed by atoms with Crippen molar-refractivity contribution < 1.29 is 35.8 Å². The first kappa shape index (κ1) is 19.7. The van der Waals surface area contributed by atoms with Crippen LogP contribution in [0.15, 0.2) is 41.3 Å². The molecule has 0 bridgehead atoms. The molecular formula is C16H16F3NO5S. The van der Waals surface area contributed by atoms with Crippen LogP contribution in [0.4, 0.5) is 18.9 Å². The van der Waals surface area contributed by atoms with Gasteiger partial charge in [0, 0.05) is 11.8 Å². The highest BCUT2D eigenvalue weighted by atomic mass is 32.2. The van der Waals surface area contributed by atoms with Crippen LogP contribution in [0.1, 0.15) is 5.56 Å². The second kappa shape index (κ2) is 7.32. The van der Waals surface area contributed by atoms with Gasteiger partial charge in [-0.25, -0.2) is 8.42 Å². The van der Waals surface area contributed by atoms with Crippen molar-refractivity contribution in [1.82, 2.24) is 0 Å². The minimum absolute atomic E-state index is 0.0165. The van der Waals surface area contributed by atoms with E-state index in [-0.39, 0.29) is 22.1 Å². The zero-order valence-electron chi connectivity index (χ0n) is 14.0. The number of hydrogen-bond donors (Lipinski definition) is 1. The van der Waals surface area contributed by atoms with Crippen LogP contribution in [0.25, 0.3) is 0 Å². The number of methoxy groups -OCH3 is 3. The molecule has 1 N–H and O–H groups in total. The normalized spacial score (nSPS) is 11.8. The Bertz CT molecular complexity index is 897. The van der Waals surface area contributed by atoms with Crippen molar-refractivity contribution in [3.63, 3.8) is 0 Å². The van der Waals surface area contributed by atoms with Crippen LogP contribution in [-0.2, 0) is 16.2 Å². The van der Waals surface area contributed by atoms with E-state index in [9.17, 15) is 21.6 Å². The zero-order valence-corrected chi connectivity index (χ0v) is 14.9. The Balaban J connectivity index is 2.48. The largest absolute Gasteiger partial charge is 0.497 e. The van der Waals surface area contributed by atoms with Crippen LogP contribution in [0.5, 0.6) is 17.2 Å². The average Bonchev–Trinajstić information content (AvgIpc) is 2.60. The van der Waals surface area contributed by atoms with Crippen molar-refractivity contribution in [2.24, 2.45) is 0 Å². The molecule has 0 fully saturated rings. The summed E-state index contributed by atoms with van der Waals surface area (Å²) < 4.78 is 81.3. The highest BCUT2D eigenvalue weighted by molar-refractivity contribution is 7.92. The summed E-state index contributed by atoms with van der Waals surface area (Å²) in [6.45, 7) is 0. The molecule has 2 aromatic carbocycles. The molecule has 6 nitrogen and oxygen atoms in total. The van der Waals surface area contributed by atoms with Crippen LogP contribution in [0, 0.1) is 0 Å².